The van der Waals surface area contributed by atoms with Gasteiger partial charge in [0.05, 0.1) is 6.54 Å². The number of hydrogen-bond acceptors (Lipinski definition) is 4. The first-order valence-electron chi connectivity index (χ1n) is 6.39. The van der Waals surface area contributed by atoms with Crippen LogP contribution in [0.15, 0.2) is 29.5 Å². The maximum Gasteiger partial charge on any atom is 0.141 e. The van der Waals surface area contributed by atoms with Gasteiger partial charge in [-0.25, -0.2) is 4.98 Å². The minimum Gasteiger partial charge on any atom is -0.350 e. The predicted octanol–water partition coefficient (Wildman–Crippen LogP) is 0.0496. The van der Waals surface area contributed by atoms with Gasteiger partial charge in [0.15, 0.2) is 0 Å². The van der Waals surface area contributed by atoms with Crippen molar-refractivity contribution in [2.75, 3.05) is 6.54 Å². The lowest BCUT2D eigenvalue weighted by atomic mass is 9.75. The van der Waals surface area contributed by atoms with Gasteiger partial charge in [-0.1, -0.05) is 18.2 Å². The van der Waals surface area contributed by atoms with Crippen molar-refractivity contribution < 1.29 is 0 Å². The Bertz CT molecular complexity index is 781. The molecule has 2 unspecified atom stereocenters. The zero-order valence-corrected chi connectivity index (χ0v) is 10.3. The fourth-order valence-electron chi connectivity index (χ4n) is 3.22. The van der Waals surface area contributed by atoms with Gasteiger partial charge in [-0.2, -0.15) is 5.26 Å². The summed E-state index contributed by atoms with van der Waals surface area (Å²) in [5, 5.41) is 14.4. The maximum absolute atomic E-state index is 8.93. The number of fused-ring (bicyclic) bond motifs is 3. The van der Waals surface area contributed by atoms with Crippen molar-refractivity contribution in [1.82, 2.24) is 10.3 Å². The van der Waals surface area contributed by atoms with Gasteiger partial charge in [0, 0.05) is 17.5 Å². The van der Waals surface area contributed by atoms with E-state index in [0.29, 0.717) is 11.6 Å². The van der Waals surface area contributed by atoms with Crippen LogP contribution >= 0.6 is 0 Å². The molecule has 0 saturated heterocycles. The number of hydrogen-bond donors (Lipinski definition) is 1. The summed E-state index contributed by atoms with van der Waals surface area (Å²) in [5.41, 5.74) is 0.437. The molecule has 1 spiro atoms. The van der Waals surface area contributed by atoms with E-state index in [1.807, 2.05) is 12.3 Å². The SMILES string of the molecule is N#Cc1cc2c(cn1)=CC1(C=2)CN=C2NC=CCC21. The highest BCUT2D eigenvalue weighted by Crippen LogP contribution is 2.41. The third-order valence-corrected chi connectivity index (χ3v) is 4.15. The highest BCUT2D eigenvalue weighted by molar-refractivity contribution is 5.92. The highest BCUT2D eigenvalue weighted by atomic mass is 15.0. The van der Waals surface area contributed by atoms with Crippen LogP contribution in [0.3, 0.4) is 0 Å². The van der Waals surface area contributed by atoms with E-state index in [2.05, 4.69) is 39.6 Å². The van der Waals surface area contributed by atoms with Crippen molar-refractivity contribution in [2.45, 2.75) is 6.42 Å². The molecule has 0 radical (unpaired) electrons. The van der Waals surface area contributed by atoms with Crippen LogP contribution < -0.4 is 15.8 Å². The summed E-state index contributed by atoms with van der Waals surface area (Å²) in [7, 11) is 0. The molecule has 2 atom stereocenters. The molecule has 4 nitrogen and oxygen atoms in total. The molecule has 2 aliphatic heterocycles. The van der Waals surface area contributed by atoms with Gasteiger partial charge in [0.25, 0.3) is 0 Å². The van der Waals surface area contributed by atoms with Crippen LogP contribution in [0.4, 0.5) is 0 Å². The number of nitrogens with zero attached hydrogens (tertiary/aromatic N) is 3. The third-order valence-electron chi connectivity index (χ3n) is 4.15. The smallest absolute Gasteiger partial charge is 0.141 e. The Balaban J connectivity index is 1.86. The number of amidine groups is 1. The lowest BCUT2D eigenvalue weighted by Gasteiger charge is -2.29. The van der Waals surface area contributed by atoms with Crippen molar-refractivity contribution in [3.05, 3.63) is 40.7 Å². The van der Waals surface area contributed by atoms with Crippen molar-refractivity contribution in [1.29, 1.82) is 5.26 Å². The first-order valence-corrected chi connectivity index (χ1v) is 6.39. The molecule has 1 aromatic heterocycles. The van der Waals surface area contributed by atoms with E-state index < -0.39 is 0 Å². The monoisotopic (exact) mass is 248 g/mol. The van der Waals surface area contributed by atoms with Crippen molar-refractivity contribution >= 4 is 18.0 Å². The van der Waals surface area contributed by atoms with E-state index in [1.54, 1.807) is 6.20 Å². The molecular formula is C15H12N4. The Morgan fingerprint density at radius 1 is 1.37 bits per heavy atom. The fourth-order valence-corrected chi connectivity index (χ4v) is 3.22. The standard InChI is InChI=1S/C15H12N4/c16-7-12-4-10-5-15(6-11(10)8-18-12)9-19-14-13(15)2-1-3-17-14/h1,3-6,8,13H,2,9H2,(H,17,19). The van der Waals surface area contributed by atoms with E-state index in [-0.39, 0.29) is 5.41 Å². The number of nitriles is 1. The molecule has 4 rings (SSSR count). The highest BCUT2D eigenvalue weighted by Gasteiger charge is 2.43. The second-order valence-electron chi connectivity index (χ2n) is 5.25. The molecular weight excluding hydrogens is 236 g/mol. The number of allylic oxidation sites excluding steroid dienone is 1. The van der Waals surface area contributed by atoms with Gasteiger partial charge in [0.1, 0.15) is 17.6 Å². The topological polar surface area (TPSA) is 61.1 Å². The van der Waals surface area contributed by atoms with E-state index in [9.17, 15) is 0 Å². The van der Waals surface area contributed by atoms with E-state index in [0.717, 1.165) is 29.2 Å². The van der Waals surface area contributed by atoms with E-state index in [4.69, 9.17) is 5.26 Å². The molecule has 0 amide bonds. The maximum atomic E-state index is 8.93. The van der Waals surface area contributed by atoms with Gasteiger partial charge in [-0.15, -0.1) is 0 Å². The van der Waals surface area contributed by atoms with Gasteiger partial charge in [-0.05, 0) is 29.1 Å². The summed E-state index contributed by atoms with van der Waals surface area (Å²) >= 11 is 0. The third kappa shape index (κ3) is 1.39. The summed E-state index contributed by atoms with van der Waals surface area (Å²) in [6.45, 7) is 0.776. The molecule has 0 fully saturated rings. The summed E-state index contributed by atoms with van der Waals surface area (Å²) in [5.74, 6) is 1.46. The largest absolute Gasteiger partial charge is 0.350 e. The molecule has 1 N–H and O–H groups in total. The van der Waals surface area contributed by atoms with Crippen LogP contribution in [-0.4, -0.2) is 17.4 Å². The molecule has 0 saturated carbocycles. The van der Waals surface area contributed by atoms with Crippen molar-refractivity contribution in [3.63, 3.8) is 0 Å². The van der Waals surface area contributed by atoms with Crippen LogP contribution in [0.25, 0.3) is 12.2 Å². The number of rotatable bonds is 0. The molecule has 1 aromatic rings. The quantitative estimate of drug-likeness (QED) is 0.705. The number of aliphatic imine (C=N–C) groups is 1. The molecule has 3 aliphatic rings. The molecule has 0 bridgehead atoms. The van der Waals surface area contributed by atoms with Gasteiger partial charge < -0.3 is 5.32 Å². The van der Waals surface area contributed by atoms with Crippen LogP contribution in [0.1, 0.15) is 12.1 Å². The minimum absolute atomic E-state index is 0.0365. The first-order chi connectivity index (χ1) is 9.31. The Labute approximate surface area is 110 Å². The Morgan fingerprint density at radius 2 is 2.26 bits per heavy atom. The molecule has 1 aliphatic carbocycles. The van der Waals surface area contributed by atoms with Gasteiger partial charge in [-0.3, -0.25) is 4.99 Å². The van der Waals surface area contributed by atoms with Crippen LogP contribution in [0.5, 0.6) is 0 Å². The van der Waals surface area contributed by atoms with E-state index >= 15 is 0 Å². The Morgan fingerprint density at radius 3 is 3.16 bits per heavy atom. The Hall–Kier alpha value is -2.41. The number of pyridine rings is 1. The van der Waals surface area contributed by atoms with E-state index in [1.165, 1.54) is 0 Å². The predicted molar refractivity (Wildman–Crippen MR) is 72.2 cm³/mol. The molecule has 19 heavy (non-hydrogen) atoms. The van der Waals surface area contributed by atoms with Crippen LogP contribution in [-0.2, 0) is 0 Å². The van der Waals surface area contributed by atoms with Crippen molar-refractivity contribution in [2.24, 2.45) is 16.3 Å². The average molecular weight is 248 g/mol. The minimum atomic E-state index is -0.0365. The summed E-state index contributed by atoms with van der Waals surface area (Å²) in [4.78, 5) is 8.77. The molecule has 4 heteroatoms. The summed E-state index contributed by atoms with van der Waals surface area (Å²) in [6, 6.07) is 3.96. The van der Waals surface area contributed by atoms with Crippen molar-refractivity contribution in [3.8, 4) is 6.07 Å². The summed E-state index contributed by atoms with van der Waals surface area (Å²) < 4.78 is 0. The lowest BCUT2D eigenvalue weighted by molar-refractivity contribution is 0.475. The lowest BCUT2D eigenvalue weighted by Crippen LogP contribution is -2.35. The summed E-state index contributed by atoms with van der Waals surface area (Å²) in [6.07, 6.45) is 11.4. The fraction of sp³-hybridized carbons (Fsp3) is 0.267. The molecule has 0 aromatic carbocycles. The number of aromatic nitrogens is 1. The zero-order chi connectivity index (χ0) is 12.9. The van der Waals surface area contributed by atoms with Gasteiger partial charge >= 0.3 is 0 Å². The second-order valence-corrected chi connectivity index (χ2v) is 5.25. The zero-order valence-electron chi connectivity index (χ0n) is 10.3. The molecule has 92 valence electrons. The second kappa shape index (κ2) is 3.55. The Kier molecular flexibility index (Phi) is 1.96. The number of nitrogens with one attached hydrogen (secondary N) is 1. The van der Waals surface area contributed by atoms with Crippen LogP contribution in [0.2, 0.25) is 0 Å². The molecule has 3 heterocycles. The average Bonchev–Trinajstić information content (AvgIpc) is 3.00. The first kappa shape index (κ1) is 10.5. The van der Waals surface area contributed by atoms with Gasteiger partial charge in [0.2, 0.25) is 0 Å². The van der Waals surface area contributed by atoms with Crippen LogP contribution in [0, 0.1) is 22.7 Å². The normalized spacial score (nSPS) is 29.6.